The van der Waals surface area contributed by atoms with Gasteiger partial charge in [-0.1, -0.05) is 15.9 Å². The van der Waals surface area contributed by atoms with E-state index < -0.39 is 0 Å². The van der Waals surface area contributed by atoms with Crippen LogP contribution in [0.25, 0.3) is 0 Å². The third-order valence-corrected chi connectivity index (χ3v) is 4.38. The van der Waals surface area contributed by atoms with Crippen LogP contribution in [0.2, 0.25) is 0 Å². The topological polar surface area (TPSA) is 29.1 Å². The van der Waals surface area contributed by atoms with E-state index in [1.54, 1.807) is 18.2 Å². The Kier molecular flexibility index (Phi) is 4.57. The zero-order chi connectivity index (χ0) is 14.0. The van der Waals surface area contributed by atoms with Crippen LogP contribution in [0.3, 0.4) is 0 Å². The third kappa shape index (κ3) is 3.54. The van der Waals surface area contributed by atoms with Gasteiger partial charge in [-0.3, -0.25) is 4.79 Å². The molecule has 0 bridgehead atoms. The molecule has 1 N–H and O–H groups in total. The highest BCUT2D eigenvalue weighted by atomic mass is 127. The minimum Gasteiger partial charge on any atom is -0.321 e. The number of amides is 1. The Balaban J connectivity index is 2.23. The molecule has 5 heteroatoms. The van der Waals surface area contributed by atoms with Crippen LogP contribution in [0.1, 0.15) is 15.9 Å². The molecule has 0 saturated heterocycles. The van der Waals surface area contributed by atoms with Gasteiger partial charge in [-0.05, 0) is 71.5 Å². The summed E-state index contributed by atoms with van der Waals surface area (Å²) >= 11 is 5.38. The number of carbonyl (C=O) groups is 1. The van der Waals surface area contributed by atoms with E-state index in [2.05, 4.69) is 21.2 Å². The van der Waals surface area contributed by atoms with Crippen LogP contribution in [0, 0.1) is 16.3 Å². The maximum atomic E-state index is 13.0. The first-order chi connectivity index (χ1) is 8.97. The molecule has 0 aliphatic heterocycles. The third-order valence-electron chi connectivity index (χ3n) is 2.60. The average molecular weight is 434 g/mol. The summed E-state index contributed by atoms with van der Waals surface area (Å²) in [6.45, 7) is 1.92. The summed E-state index contributed by atoms with van der Waals surface area (Å²) in [6, 6.07) is 9.63. The lowest BCUT2D eigenvalue weighted by molar-refractivity contribution is 0.102. The lowest BCUT2D eigenvalue weighted by Gasteiger charge is -2.08. The number of halogens is 3. The molecule has 0 aliphatic rings. The quantitative estimate of drug-likeness (QED) is 0.680. The van der Waals surface area contributed by atoms with Crippen LogP contribution in [0.5, 0.6) is 0 Å². The normalized spacial score (nSPS) is 10.3. The number of anilines is 1. The van der Waals surface area contributed by atoms with E-state index in [0.717, 1.165) is 10.0 Å². The Hall–Kier alpha value is -0.950. The summed E-state index contributed by atoms with van der Waals surface area (Å²) in [7, 11) is 0. The van der Waals surface area contributed by atoms with Gasteiger partial charge in [-0.2, -0.15) is 0 Å². The summed E-state index contributed by atoms with van der Waals surface area (Å²) in [5.74, 6) is -0.526. The fourth-order valence-electron chi connectivity index (χ4n) is 1.57. The molecule has 0 aromatic heterocycles. The van der Waals surface area contributed by atoms with Crippen molar-refractivity contribution < 1.29 is 9.18 Å². The van der Waals surface area contributed by atoms with Gasteiger partial charge < -0.3 is 5.32 Å². The summed E-state index contributed by atoms with van der Waals surface area (Å²) in [5, 5.41) is 2.77. The van der Waals surface area contributed by atoms with Crippen molar-refractivity contribution >= 4 is 50.1 Å². The molecule has 2 aromatic rings. The molecule has 0 saturated carbocycles. The van der Waals surface area contributed by atoms with Gasteiger partial charge >= 0.3 is 0 Å². The number of carbonyl (C=O) groups excluding carboxylic acids is 1. The van der Waals surface area contributed by atoms with E-state index in [1.807, 2.05) is 35.6 Å². The lowest BCUT2D eigenvalue weighted by Crippen LogP contribution is -2.13. The first-order valence-electron chi connectivity index (χ1n) is 5.50. The first kappa shape index (κ1) is 14.5. The summed E-state index contributed by atoms with van der Waals surface area (Å²) in [5.41, 5.74) is 2.16. The second-order valence-electron chi connectivity index (χ2n) is 4.04. The Bertz CT molecular complexity index is 645. The van der Waals surface area contributed by atoms with Gasteiger partial charge in [0.25, 0.3) is 5.91 Å². The molecule has 98 valence electrons. The molecular formula is C14H10BrFINO. The van der Waals surface area contributed by atoms with E-state index in [9.17, 15) is 9.18 Å². The molecule has 0 heterocycles. The van der Waals surface area contributed by atoms with Crippen molar-refractivity contribution in [1.29, 1.82) is 0 Å². The molecule has 0 unspecified atom stereocenters. The maximum absolute atomic E-state index is 13.0. The van der Waals surface area contributed by atoms with E-state index in [4.69, 9.17) is 0 Å². The minimum absolute atomic E-state index is 0.208. The highest BCUT2D eigenvalue weighted by Gasteiger charge is 2.09. The highest BCUT2D eigenvalue weighted by Crippen LogP contribution is 2.21. The SMILES string of the molecule is Cc1cc(C(=O)Nc2ccc(F)cc2I)ccc1Br. The molecule has 0 radical (unpaired) electrons. The smallest absolute Gasteiger partial charge is 0.255 e. The van der Waals surface area contributed by atoms with Crippen LogP contribution in [-0.4, -0.2) is 5.91 Å². The van der Waals surface area contributed by atoms with Crippen molar-refractivity contribution in [3.8, 4) is 0 Å². The van der Waals surface area contributed by atoms with Gasteiger partial charge in [0, 0.05) is 13.6 Å². The molecule has 1 amide bonds. The number of aryl methyl sites for hydroxylation is 1. The summed E-state index contributed by atoms with van der Waals surface area (Å²) in [6.07, 6.45) is 0. The maximum Gasteiger partial charge on any atom is 0.255 e. The molecule has 2 rings (SSSR count). The summed E-state index contributed by atoms with van der Waals surface area (Å²) in [4.78, 5) is 12.1. The van der Waals surface area contributed by atoms with Crippen molar-refractivity contribution in [2.45, 2.75) is 6.92 Å². The van der Waals surface area contributed by atoms with Crippen LogP contribution >= 0.6 is 38.5 Å². The van der Waals surface area contributed by atoms with Crippen LogP contribution < -0.4 is 5.32 Å². The Morgan fingerprint density at radius 2 is 2.00 bits per heavy atom. The first-order valence-corrected chi connectivity index (χ1v) is 7.37. The minimum atomic E-state index is -0.318. The number of benzene rings is 2. The fourth-order valence-corrected chi connectivity index (χ4v) is 2.43. The zero-order valence-corrected chi connectivity index (χ0v) is 13.7. The number of rotatable bonds is 2. The molecular weight excluding hydrogens is 424 g/mol. The van der Waals surface area contributed by atoms with E-state index in [0.29, 0.717) is 14.8 Å². The second kappa shape index (κ2) is 6.00. The van der Waals surface area contributed by atoms with E-state index >= 15 is 0 Å². The van der Waals surface area contributed by atoms with E-state index in [-0.39, 0.29) is 11.7 Å². The standard InChI is InChI=1S/C14H10BrFINO/c1-8-6-9(2-4-11(8)15)14(19)18-13-5-3-10(16)7-12(13)17/h2-7H,1H3,(H,18,19). The molecule has 19 heavy (non-hydrogen) atoms. The number of hydrogen-bond donors (Lipinski definition) is 1. The van der Waals surface area contributed by atoms with Crippen molar-refractivity contribution in [3.05, 3.63) is 61.4 Å². The van der Waals surface area contributed by atoms with Gasteiger partial charge in [0.05, 0.1) is 5.69 Å². The van der Waals surface area contributed by atoms with Gasteiger partial charge in [0.15, 0.2) is 0 Å². The van der Waals surface area contributed by atoms with Crippen LogP contribution in [-0.2, 0) is 0 Å². The largest absolute Gasteiger partial charge is 0.321 e. The van der Waals surface area contributed by atoms with E-state index in [1.165, 1.54) is 12.1 Å². The van der Waals surface area contributed by atoms with Crippen molar-refractivity contribution in [2.75, 3.05) is 5.32 Å². The fraction of sp³-hybridized carbons (Fsp3) is 0.0714. The summed E-state index contributed by atoms with van der Waals surface area (Å²) < 4.78 is 14.6. The molecule has 0 aliphatic carbocycles. The van der Waals surface area contributed by atoms with Gasteiger partial charge in [-0.25, -0.2) is 4.39 Å². The van der Waals surface area contributed by atoms with Crippen molar-refractivity contribution in [1.82, 2.24) is 0 Å². The Labute approximate surface area is 132 Å². The molecule has 0 fully saturated rings. The Morgan fingerprint density at radius 3 is 2.63 bits per heavy atom. The van der Waals surface area contributed by atoms with Crippen molar-refractivity contribution in [3.63, 3.8) is 0 Å². The molecule has 0 atom stereocenters. The lowest BCUT2D eigenvalue weighted by atomic mass is 10.1. The predicted octanol–water partition coefficient (Wildman–Crippen LogP) is 4.75. The van der Waals surface area contributed by atoms with Crippen LogP contribution in [0.4, 0.5) is 10.1 Å². The van der Waals surface area contributed by atoms with Gasteiger partial charge in [-0.15, -0.1) is 0 Å². The zero-order valence-electron chi connectivity index (χ0n) is 10.0. The Morgan fingerprint density at radius 1 is 1.26 bits per heavy atom. The van der Waals surface area contributed by atoms with Gasteiger partial charge in [0.1, 0.15) is 5.82 Å². The number of hydrogen-bond acceptors (Lipinski definition) is 1. The van der Waals surface area contributed by atoms with Gasteiger partial charge in [0.2, 0.25) is 0 Å². The average Bonchev–Trinajstić information content (AvgIpc) is 2.36. The number of nitrogens with one attached hydrogen (secondary N) is 1. The second-order valence-corrected chi connectivity index (χ2v) is 6.06. The van der Waals surface area contributed by atoms with Crippen molar-refractivity contribution in [2.24, 2.45) is 0 Å². The predicted molar refractivity (Wildman–Crippen MR) is 85.9 cm³/mol. The molecule has 2 nitrogen and oxygen atoms in total. The highest BCUT2D eigenvalue weighted by molar-refractivity contribution is 14.1. The molecule has 2 aromatic carbocycles. The van der Waals surface area contributed by atoms with Crippen LogP contribution in [0.15, 0.2) is 40.9 Å². The molecule has 0 spiro atoms. The monoisotopic (exact) mass is 433 g/mol.